The van der Waals surface area contributed by atoms with E-state index in [4.69, 9.17) is 16.6 Å². The molecule has 2 aromatic rings. The van der Waals surface area contributed by atoms with E-state index in [1.165, 1.54) is 0 Å². The van der Waals surface area contributed by atoms with Crippen LogP contribution in [0.15, 0.2) is 65.3 Å². The molecule has 4 nitrogen and oxygen atoms in total. The second kappa shape index (κ2) is 8.87. The highest BCUT2D eigenvalue weighted by atomic mass is 35.5. The van der Waals surface area contributed by atoms with Crippen LogP contribution in [0, 0.1) is 0 Å². The van der Waals surface area contributed by atoms with Gasteiger partial charge in [0.25, 0.3) is 5.91 Å². The van der Waals surface area contributed by atoms with Crippen molar-refractivity contribution in [1.29, 1.82) is 0 Å². The normalized spacial score (nSPS) is 15.4. The summed E-state index contributed by atoms with van der Waals surface area (Å²) < 4.78 is 0. The monoisotopic (exact) mass is 381 g/mol. The van der Waals surface area contributed by atoms with Crippen molar-refractivity contribution in [3.05, 3.63) is 70.9 Å². The van der Waals surface area contributed by atoms with E-state index in [2.05, 4.69) is 18.7 Å². The second-order valence-electron chi connectivity index (χ2n) is 6.46. The molecule has 0 spiro atoms. The maximum absolute atomic E-state index is 13.2. The summed E-state index contributed by atoms with van der Waals surface area (Å²) in [5.74, 6) is 0.543. The summed E-state index contributed by atoms with van der Waals surface area (Å²) >= 11 is 6.18. The summed E-state index contributed by atoms with van der Waals surface area (Å²) in [6.45, 7) is 5.94. The number of rotatable bonds is 6. The zero-order chi connectivity index (χ0) is 19.2. The van der Waals surface area contributed by atoms with Crippen LogP contribution in [0.5, 0.6) is 0 Å². The largest absolute Gasteiger partial charge is 0.342 e. The zero-order valence-electron chi connectivity index (χ0n) is 15.7. The number of hydrogen-bond acceptors (Lipinski definition) is 3. The van der Waals surface area contributed by atoms with Gasteiger partial charge in [0.2, 0.25) is 5.96 Å². The summed E-state index contributed by atoms with van der Waals surface area (Å²) in [5, 5.41) is 0.595. The molecule has 0 atom stereocenters. The summed E-state index contributed by atoms with van der Waals surface area (Å²) in [6, 6.07) is 17.1. The molecule has 1 aliphatic rings. The summed E-state index contributed by atoms with van der Waals surface area (Å²) in [6.07, 6.45) is 3.80. The van der Waals surface area contributed by atoms with Gasteiger partial charge >= 0.3 is 0 Å². The lowest BCUT2D eigenvalue weighted by molar-refractivity contribution is -0.113. The first kappa shape index (κ1) is 19.2. The van der Waals surface area contributed by atoms with Gasteiger partial charge in [-0.2, -0.15) is 0 Å². The molecule has 1 amide bonds. The van der Waals surface area contributed by atoms with Crippen molar-refractivity contribution in [2.24, 2.45) is 4.99 Å². The molecule has 0 saturated heterocycles. The number of guanidine groups is 1. The van der Waals surface area contributed by atoms with Crippen LogP contribution in [-0.4, -0.2) is 29.9 Å². The Morgan fingerprint density at radius 1 is 1.04 bits per heavy atom. The zero-order valence-corrected chi connectivity index (χ0v) is 16.5. The maximum atomic E-state index is 13.2. The second-order valence-corrected chi connectivity index (χ2v) is 6.90. The molecule has 1 heterocycles. The van der Waals surface area contributed by atoms with Gasteiger partial charge in [0.05, 0.1) is 5.69 Å². The van der Waals surface area contributed by atoms with E-state index in [0.717, 1.165) is 37.2 Å². The Balaban J connectivity index is 2.06. The molecule has 0 radical (unpaired) electrons. The number of halogens is 1. The molecule has 2 aromatic carbocycles. The van der Waals surface area contributed by atoms with Crippen LogP contribution in [0.1, 0.15) is 32.3 Å². The molecule has 0 fully saturated rings. The average Bonchev–Trinajstić information content (AvgIpc) is 2.98. The number of aliphatic imine (C=N–C) groups is 1. The molecule has 5 heteroatoms. The first-order chi connectivity index (χ1) is 13.1. The highest BCUT2D eigenvalue weighted by molar-refractivity contribution is 6.32. The van der Waals surface area contributed by atoms with Crippen LogP contribution in [0.3, 0.4) is 0 Å². The summed E-state index contributed by atoms with van der Waals surface area (Å²) in [5.41, 5.74) is 2.13. The van der Waals surface area contributed by atoms with Crippen LogP contribution in [0.2, 0.25) is 5.02 Å². The molecule has 0 saturated carbocycles. The number of hydrogen-bond donors (Lipinski definition) is 0. The van der Waals surface area contributed by atoms with E-state index in [1.807, 2.05) is 48.5 Å². The predicted molar refractivity (Wildman–Crippen MR) is 113 cm³/mol. The van der Waals surface area contributed by atoms with E-state index >= 15 is 0 Å². The Labute approximate surface area is 165 Å². The van der Waals surface area contributed by atoms with Crippen molar-refractivity contribution in [1.82, 2.24) is 4.90 Å². The van der Waals surface area contributed by atoms with E-state index < -0.39 is 0 Å². The molecule has 0 N–H and O–H groups in total. The Morgan fingerprint density at radius 3 is 2.37 bits per heavy atom. The lowest BCUT2D eigenvalue weighted by Gasteiger charge is -2.29. The third-order valence-corrected chi connectivity index (χ3v) is 4.52. The van der Waals surface area contributed by atoms with Gasteiger partial charge in [-0.15, -0.1) is 0 Å². The van der Waals surface area contributed by atoms with Crippen molar-refractivity contribution < 1.29 is 4.79 Å². The van der Waals surface area contributed by atoms with Crippen LogP contribution < -0.4 is 4.90 Å². The van der Waals surface area contributed by atoms with Gasteiger partial charge < -0.3 is 4.90 Å². The van der Waals surface area contributed by atoms with E-state index in [1.54, 1.807) is 17.0 Å². The van der Waals surface area contributed by atoms with Crippen molar-refractivity contribution in [3.8, 4) is 0 Å². The van der Waals surface area contributed by atoms with Gasteiger partial charge in [-0.25, -0.2) is 9.89 Å². The molecular formula is C22H24ClN3O. The van der Waals surface area contributed by atoms with E-state index in [0.29, 0.717) is 16.7 Å². The smallest absolute Gasteiger partial charge is 0.283 e. The lowest BCUT2D eigenvalue weighted by Crippen LogP contribution is -2.44. The average molecular weight is 382 g/mol. The van der Waals surface area contributed by atoms with Gasteiger partial charge in [-0.3, -0.25) is 4.79 Å². The van der Waals surface area contributed by atoms with Crippen molar-refractivity contribution >= 4 is 35.2 Å². The first-order valence-corrected chi connectivity index (χ1v) is 9.72. The molecular weight excluding hydrogens is 358 g/mol. The third kappa shape index (κ3) is 4.40. The first-order valence-electron chi connectivity index (χ1n) is 9.34. The minimum atomic E-state index is -0.131. The van der Waals surface area contributed by atoms with Crippen LogP contribution >= 0.6 is 11.6 Å². The quantitative estimate of drug-likeness (QED) is 0.644. The fourth-order valence-corrected chi connectivity index (χ4v) is 3.31. The Kier molecular flexibility index (Phi) is 6.30. The Bertz CT molecular complexity index is 855. The molecule has 0 unspecified atom stereocenters. The van der Waals surface area contributed by atoms with Crippen LogP contribution in [0.4, 0.5) is 5.69 Å². The standard InChI is InChI=1S/C22H24ClN3O/c1-3-13-25(14-4-2)22-24-20(15-17-9-6-5-7-10-17)21(27)26(22)19-12-8-11-18(23)16-19/h5-12,15-16H,3-4,13-14H2,1-2H3/b20-15+. The summed E-state index contributed by atoms with van der Waals surface area (Å²) in [7, 11) is 0. The summed E-state index contributed by atoms with van der Waals surface area (Å²) in [4.78, 5) is 21.8. The van der Waals surface area contributed by atoms with Crippen LogP contribution in [-0.2, 0) is 4.79 Å². The van der Waals surface area contributed by atoms with Gasteiger partial charge in [0.15, 0.2) is 0 Å². The van der Waals surface area contributed by atoms with Crippen molar-refractivity contribution in [3.63, 3.8) is 0 Å². The molecule has 0 aliphatic carbocycles. The number of benzene rings is 2. The third-order valence-electron chi connectivity index (χ3n) is 4.28. The fourth-order valence-electron chi connectivity index (χ4n) is 3.12. The Hall–Kier alpha value is -2.59. The molecule has 1 aliphatic heterocycles. The van der Waals surface area contributed by atoms with Gasteiger partial charge in [0, 0.05) is 18.1 Å². The highest BCUT2D eigenvalue weighted by Gasteiger charge is 2.34. The topological polar surface area (TPSA) is 35.9 Å². The number of amides is 1. The lowest BCUT2D eigenvalue weighted by atomic mass is 10.2. The number of anilines is 1. The molecule has 27 heavy (non-hydrogen) atoms. The Morgan fingerprint density at radius 2 is 1.74 bits per heavy atom. The molecule has 0 aromatic heterocycles. The predicted octanol–water partition coefficient (Wildman–Crippen LogP) is 5.21. The number of carbonyl (C=O) groups excluding carboxylic acids is 1. The number of nitrogens with zero attached hydrogens (tertiary/aromatic N) is 3. The molecule has 140 valence electrons. The molecule has 0 bridgehead atoms. The van der Waals surface area contributed by atoms with Crippen molar-refractivity contribution in [2.75, 3.05) is 18.0 Å². The SMILES string of the molecule is CCCN(CCC)C1=N/C(=C/c2ccccc2)C(=O)N1c1cccc(Cl)c1. The maximum Gasteiger partial charge on any atom is 0.283 e. The molecule has 3 rings (SSSR count). The van der Waals surface area contributed by atoms with Gasteiger partial charge in [0.1, 0.15) is 5.70 Å². The highest BCUT2D eigenvalue weighted by Crippen LogP contribution is 2.28. The van der Waals surface area contributed by atoms with Gasteiger partial charge in [-0.05, 0) is 42.7 Å². The van der Waals surface area contributed by atoms with Crippen molar-refractivity contribution in [2.45, 2.75) is 26.7 Å². The minimum absolute atomic E-state index is 0.131. The fraction of sp³-hybridized carbons (Fsp3) is 0.273. The van der Waals surface area contributed by atoms with Gasteiger partial charge in [-0.1, -0.05) is 61.8 Å². The van der Waals surface area contributed by atoms with Crippen LogP contribution in [0.25, 0.3) is 6.08 Å². The van der Waals surface area contributed by atoms with E-state index in [9.17, 15) is 4.79 Å². The van der Waals surface area contributed by atoms with E-state index in [-0.39, 0.29) is 5.91 Å². The minimum Gasteiger partial charge on any atom is -0.342 e. The number of carbonyl (C=O) groups is 1.